The van der Waals surface area contributed by atoms with Gasteiger partial charge in [0, 0.05) is 23.9 Å². The van der Waals surface area contributed by atoms with Crippen molar-refractivity contribution in [1.82, 2.24) is 10.6 Å². The van der Waals surface area contributed by atoms with E-state index in [9.17, 15) is 4.79 Å². The Labute approximate surface area is 224 Å². The molecule has 1 rings (SSSR count). The summed E-state index contributed by atoms with van der Waals surface area (Å²) in [7, 11) is 4.93. The Hall–Kier alpha value is -2.33. The first-order chi connectivity index (χ1) is 17.3. The second kappa shape index (κ2) is 30.7. The maximum Gasteiger partial charge on any atom is 0.220 e. The van der Waals surface area contributed by atoms with Crippen molar-refractivity contribution in [3.63, 3.8) is 0 Å². The van der Waals surface area contributed by atoms with Crippen molar-refractivity contribution in [3.8, 4) is 0 Å². The zero-order valence-corrected chi connectivity index (χ0v) is 24.3. The molecule has 0 spiro atoms. The fraction of sp³-hybridized carbons (Fsp3) is 0.556. The molecular weight excluding hydrogens is 474 g/mol. The highest BCUT2D eigenvalue weighted by molar-refractivity contribution is 7.99. The Morgan fingerprint density at radius 1 is 1.17 bits per heavy atom. The van der Waals surface area contributed by atoms with Crippen molar-refractivity contribution in [2.75, 3.05) is 33.4 Å². The predicted molar refractivity (Wildman–Crippen MR) is 159 cm³/mol. The van der Waals surface area contributed by atoms with Crippen molar-refractivity contribution < 1.29 is 14.4 Å². The molecule has 0 bridgehead atoms. The number of allylic oxidation sites excluding steroid dienone is 1. The molecule has 1 amide bonds. The Bertz CT molecular complexity index is 681. The first-order valence-electron chi connectivity index (χ1n) is 12.0. The third-order valence-corrected chi connectivity index (χ3v) is 5.95. The van der Waals surface area contributed by atoms with E-state index < -0.39 is 0 Å². The van der Waals surface area contributed by atoms with E-state index in [1.807, 2.05) is 19.9 Å². The Kier molecular flexibility index (Phi) is 34.8. The van der Waals surface area contributed by atoms with Crippen LogP contribution in [-0.2, 0) is 14.4 Å². The molecule has 0 heterocycles. The molecule has 0 aliphatic rings. The zero-order chi connectivity index (χ0) is 28.9. The lowest BCUT2D eigenvalue weighted by Crippen LogP contribution is -2.45. The minimum absolute atomic E-state index is 0.143. The molecule has 0 fully saturated rings. The highest BCUT2D eigenvalue weighted by Crippen LogP contribution is 2.33. The first-order valence-corrected chi connectivity index (χ1v) is 13.0. The van der Waals surface area contributed by atoms with Gasteiger partial charge in [-0.2, -0.15) is 0 Å². The van der Waals surface area contributed by atoms with Gasteiger partial charge in [-0.1, -0.05) is 46.8 Å². The van der Waals surface area contributed by atoms with Crippen LogP contribution in [0, 0.1) is 5.92 Å². The number of rotatable bonds is 13. The topological polar surface area (TPSA) is 140 Å². The number of nitrogens with two attached hydrogens (primary N) is 2. The summed E-state index contributed by atoms with van der Waals surface area (Å²) in [5.41, 5.74) is 11.2. The lowest BCUT2D eigenvalue weighted by molar-refractivity contribution is -0.122. The number of hydrogen-bond donors (Lipinski definition) is 4. The van der Waals surface area contributed by atoms with E-state index in [1.54, 1.807) is 11.8 Å². The number of aldehydes is 1. The summed E-state index contributed by atoms with van der Waals surface area (Å²) in [5, 5.41) is 6.34. The molecule has 2 unspecified atom stereocenters. The van der Waals surface area contributed by atoms with Gasteiger partial charge in [0.15, 0.2) is 0 Å². The number of thioether (sulfide) groups is 1. The van der Waals surface area contributed by atoms with E-state index in [0.29, 0.717) is 24.5 Å². The third-order valence-electron chi connectivity index (χ3n) is 4.82. The number of carbonyl (C=O) groups excluding carboxylic acids is 3. The van der Waals surface area contributed by atoms with E-state index in [-0.39, 0.29) is 11.9 Å². The molecular formula is C27H51N5O3S. The summed E-state index contributed by atoms with van der Waals surface area (Å²) in [5.74, 6) is 2.01. The van der Waals surface area contributed by atoms with Crippen LogP contribution in [0.1, 0.15) is 58.4 Å². The van der Waals surface area contributed by atoms with Crippen LogP contribution in [0.25, 0.3) is 0 Å². The molecule has 0 saturated heterocycles. The van der Waals surface area contributed by atoms with Crippen LogP contribution in [0.4, 0.5) is 5.69 Å². The molecule has 9 heteroatoms. The van der Waals surface area contributed by atoms with Gasteiger partial charge in [0.25, 0.3) is 0 Å². The zero-order valence-electron chi connectivity index (χ0n) is 23.5. The van der Waals surface area contributed by atoms with Gasteiger partial charge in [-0.05, 0) is 75.6 Å². The van der Waals surface area contributed by atoms with Gasteiger partial charge in [0.1, 0.15) is 13.1 Å². The molecule has 1 aromatic rings. The average molecular weight is 526 g/mol. The van der Waals surface area contributed by atoms with E-state index in [1.165, 1.54) is 25.7 Å². The van der Waals surface area contributed by atoms with Crippen LogP contribution >= 0.6 is 11.8 Å². The van der Waals surface area contributed by atoms with Crippen molar-refractivity contribution in [2.24, 2.45) is 22.4 Å². The molecule has 36 heavy (non-hydrogen) atoms. The Morgan fingerprint density at radius 2 is 1.72 bits per heavy atom. The summed E-state index contributed by atoms with van der Waals surface area (Å²) in [4.78, 5) is 34.6. The van der Waals surface area contributed by atoms with Gasteiger partial charge in [-0.15, -0.1) is 11.8 Å². The number of benzene rings is 1. The summed E-state index contributed by atoms with van der Waals surface area (Å²) >= 11 is 1.76. The van der Waals surface area contributed by atoms with Gasteiger partial charge in [0.2, 0.25) is 5.91 Å². The van der Waals surface area contributed by atoms with Gasteiger partial charge in [-0.3, -0.25) is 14.6 Å². The Morgan fingerprint density at radius 3 is 2.14 bits per heavy atom. The van der Waals surface area contributed by atoms with Crippen LogP contribution in [0.15, 0.2) is 40.7 Å². The van der Waals surface area contributed by atoms with Crippen molar-refractivity contribution in [2.45, 2.75) is 63.8 Å². The molecule has 2 atom stereocenters. The fourth-order valence-corrected chi connectivity index (χ4v) is 3.74. The van der Waals surface area contributed by atoms with E-state index in [2.05, 4.69) is 80.2 Å². The number of nitrogens with zero attached hydrogens (tertiary/aromatic N) is 1. The van der Waals surface area contributed by atoms with Crippen LogP contribution in [0.5, 0.6) is 0 Å². The molecule has 208 valence electrons. The summed E-state index contributed by atoms with van der Waals surface area (Å²) in [6.45, 7) is 18.3. The van der Waals surface area contributed by atoms with Crippen molar-refractivity contribution >= 4 is 43.1 Å². The molecule has 0 aliphatic carbocycles. The van der Waals surface area contributed by atoms with Gasteiger partial charge < -0.3 is 26.9 Å². The van der Waals surface area contributed by atoms with Crippen molar-refractivity contribution in [1.29, 1.82) is 0 Å². The SMILES string of the molecule is C=CC=O.C=Nc1ccc(C(C)C)cc1SCCCC(=O)NC(CNC)C(C)CC.C=O.CN.CN. The fourth-order valence-electron chi connectivity index (χ4n) is 2.73. The van der Waals surface area contributed by atoms with Crippen molar-refractivity contribution in [3.05, 3.63) is 36.4 Å². The van der Waals surface area contributed by atoms with E-state index in [4.69, 9.17) is 9.59 Å². The molecule has 6 N–H and O–H groups in total. The molecule has 0 saturated carbocycles. The lowest BCUT2D eigenvalue weighted by atomic mass is 9.99. The number of likely N-dealkylation sites (N-methyl/N-ethyl adjacent to an activating group) is 1. The lowest BCUT2D eigenvalue weighted by Gasteiger charge is -2.24. The third kappa shape index (κ3) is 21.0. The summed E-state index contributed by atoms with van der Waals surface area (Å²) in [6.07, 6.45) is 4.31. The Balaban J connectivity index is -0.000000445. The molecule has 0 aromatic heterocycles. The highest BCUT2D eigenvalue weighted by Gasteiger charge is 2.17. The smallest absolute Gasteiger partial charge is 0.220 e. The summed E-state index contributed by atoms with van der Waals surface area (Å²) < 4.78 is 0. The molecule has 0 aliphatic heterocycles. The normalized spacial score (nSPS) is 10.7. The average Bonchev–Trinajstić information content (AvgIpc) is 2.93. The molecule has 0 radical (unpaired) electrons. The molecule has 1 aromatic carbocycles. The number of hydrogen-bond acceptors (Lipinski definition) is 8. The van der Waals surface area contributed by atoms with E-state index in [0.717, 1.165) is 35.7 Å². The van der Waals surface area contributed by atoms with Crippen LogP contribution in [0.2, 0.25) is 0 Å². The molecule has 8 nitrogen and oxygen atoms in total. The minimum atomic E-state index is 0.143. The van der Waals surface area contributed by atoms with Gasteiger partial charge >= 0.3 is 0 Å². The largest absolute Gasteiger partial charge is 0.352 e. The van der Waals surface area contributed by atoms with Crippen LogP contribution < -0.4 is 22.1 Å². The maximum absolute atomic E-state index is 12.2. The predicted octanol–water partition coefficient (Wildman–Crippen LogP) is 4.10. The summed E-state index contributed by atoms with van der Waals surface area (Å²) in [6, 6.07) is 6.55. The maximum atomic E-state index is 12.2. The number of carbonyl (C=O) groups is 3. The monoisotopic (exact) mass is 525 g/mol. The second-order valence-electron chi connectivity index (χ2n) is 7.48. The highest BCUT2D eigenvalue weighted by atomic mass is 32.2. The van der Waals surface area contributed by atoms with Crippen LogP contribution in [-0.4, -0.2) is 65.2 Å². The quantitative estimate of drug-likeness (QED) is 0.0999. The first kappa shape index (κ1) is 40.8. The standard InChI is InChI=1S/C21H35N3OS.C3H4O.2CH5N.CH2O/c1-7-16(4)19(14-22-5)24-21(25)9-8-12-26-20-13-17(15(2)3)10-11-18(20)23-6;1-2-3-4;3*1-2/h10-11,13,15-16,19,22H,6-9,12,14H2,1-5H3,(H,24,25);2-3H,1H2;2*2H2,1H3;1H2. The van der Waals surface area contributed by atoms with Gasteiger partial charge in [-0.25, -0.2) is 0 Å². The van der Waals surface area contributed by atoms with E-state index >= 15 is 0 Å². The minimum Gasteiger partial charge on any atom is -0.352 e. The number of amides is 1. The number of nitrogens with one attached hydrogen (secondary N) is 2. The van der Waals surface area contributed by atoms with Gasteiger partial charge in [0.05, 0.1) is 5.69 Å². The number of aliphatic imine (C=N–C) groups is 1. The second-order valence-corrected chi connectivity index (χ2v) is 8.62. The van der Waals surface area contributed by atoms with Crippen LogP contribution in [0.3, 0.4) is 0 Å².